The van der Waals surface area contributed by atoms with Crippen LogP contribution in [0.1, 0.15) is 27.7 Å². The monoisotopic (exact) mass is 223 g/mol. The highest BCUT2D eigenvalue weighted by molar-refractivity contribution is 7.51. The van der Waals surface area contributed by atoms with E-state index in [4.69, 9.17) is 9.05 Å². The van der Waals surface area contributed by atoms with E-state index >= 15 is 0 Å². The maximum absolute atomic E-state index is 11.8. The van der Waals surface area contributed by atoms with Gasteiger partial charge in [-0.05, 0) is 27.7 Å². The Morgan fingerprint density at radius 3 is 2.07 bits per heavy atom. The molecule has 0 aliphatic rings. The van der Waals surface area contributed by atoms with Gasteiger partial charge < -0.3 is 0 Å². The van der Waals surface area contributed by atoms with Crippen LogP contribution >= 0.6 is 7.75 Å². The fourth-order valence-corrected chi connectivity index (χ4v) is 2.34. The molecule has 1 atom stereocenters. The molecule has 0 amide bonds. The van der Waals surface area contributed by atoms with Crippen molar-refractivity contribution in [2.24, 2.45) is 0 Å². The van der Waals surface area contributed by atoms with Crippen molar-refractivity contribution in [3.63, 3.8) is 0 Å². The molecule has 0 saturated carbocycles. The Bertz CT molecular complexity index is 221. The van der Waals surface area contributed by atoms with Crippen molar-refractivity contribution in [1.29, 1.82) is 0 Å². The lowest BCUT2D eigenvalue weighted by Crippen LogP contribution is -2.31. The Kier molecular flexibility index (Phi) is 6.20. The molecule has 0 radical (unpaired) electrons. The predicted molar refractivity (Wildman–Crippen MR) is 54.1 cm³/mol. The SMILES string of the molecule is CCOP(=O)(N[C@@H](C)C(C)=O)OCC. The van der Waals surface area contributed by atoms with Gasteiger partial charge in [-0.2, -0.15) is 0 Å². The Balaban J connectivity index is 4.35. The summed E-state index contributed by atoms with van der Waals surface area (Å²) in [5, 5.41) is 2.56. The molecule has 0 aromatic carbocycles. The standard InChI is InChI=1S/C8H18NO4P/c1-5-12-14(11,13-6-2)9-7(3)8(4)10/h7H,5-6H2,1-4H3,(H,9,11)/t7-/m0/s1. The van der Waals surface area contributed by atoms with Crippen molar-refractivity contribution in [1.82, 2.24) is 5.09 Å². The summed E-state index contributed by atoms with van der Waals surface area (Å²) in [5.41, 5.74) is 0. The molecular formula is C8H18NO4P. The number of hydrogen-bond donors (Lipinski definition) is 1. The van der Waals surface area contributed by atoms with Crippen molar-refractivity contribution in [2.75, 3.05) is 13.2 Å². The highest BCUT2D eigenvalue weighted by Crippen LogP contribution is 2.43. The third kappa shape index (κ3) is 4.86. The molecule has 1 N–H and O–H groups in total. The van der Waals surface area contributed by atoms with Crippen LogP contribution in [0, 0.1) is 0 Å². The molecule has 0 aromatic rings. The fraction of sp³-hybridized carbons (Fsp3) is 0.875. The van der Waals surface area contributed by atoms with E-state index in [0.29, 0.717) is 0 Å². The minimum absolute atomic E-state index is 0.107. The maximum atomic E-state index is 11.8. The van der Waals surface area contributed by atoms with Gasteiger partial charge in [-0.1, -0.05) is 0 Å². The Morgan fingerprint density at radius 1 is 1.36 bits per heavy atom. The maximum Gasteiger partial charge on any atom is 0.406 e. The van der Waals surface area contributed by atoms with Gasteiger partial charge in [0.2, 0.25) is 0 Å². The van der Waals surface area contributed by atoms with Crippen LogP contribution in [0.5, 0.6) is 0 Å². The summed E-state index contributed by atoms with van der Waals surface area (Å²) in [6.45, 7) is 7.01. The quantitative estimate of drug-likeness (QED) is 0.666. The lowest BCUT2D eigenvalue weighted by atomic mass is 10.3. The van der Waals surface area contributed by atoms with Gasteiger partial charge in [0, 0.05) is 0 Å². The Morgan fingerprint density at radius 2 is 1.79 bits per heavy atom. The molecule has 84 valence electrons. The second-order valence-corrected chi connectivity index (χ2v) is 4.56. The Labute approximate surface area is 84.8 Å². The van der Waals surface area contributed by atoms with Crippen LogP contribution in [0.15, 0.2) is 0 Å². The number of nitrogens with one attached hydrogen (secondary N) is 1. The second kappa shape index (κ2) is 6.30. The van der Waals surface area contributed by atoms with E-state index in [9.17, 15) is 9.36 Å². The summed E-state index contributed by atoms with van der Waals surface area (Å²) in [5.74, 6) is -0.107. The van der Waals surface area contributed by atoms with Crippen LogP contribution < -0.4 is 5.09 Å². The van der Waals surface area contributed by atoms with E-state index in [-0.39, 0.29) is 19.0 Å². The van der Waals surface area contributed by atoms with Gasteiger partial charge >= 0.3 is 7.75 Å². The molecule has 0 aliphatic carbocycles. The highest BCUT2D eigenvalue weighted by atomic mass is 31.2. The molecule has 0 unspecified atom stereocenters. The van der Waals surface area contributed by atoms with Crippen LogP contribution in [0.2, 0.25) is 0 Å². The first-order valence-corrected chi connectivity index (χ1v) is 6.16. The summed E-state index contributed by atoms with van der Waals surface area (Å²) in [7, 11) is -3.30. The summed E-state index contributed by atoms with van der Waals surface area (Å²) in [6.07, 6.45) is 0. The van der Waals surface area contributed by atoms with Gasteiger partial charge in [-0.15, -0.1) is 0 Å². The largest absolute Gasteiger partial charge is 0.406 e. The first-order chi connectivity index (χ1) is 6.45. The molecule has 0 heterocycles. The number of Topliss-reactive ketones (excluding diaryl/α,β-unsaturated/α-hetero) is 1. The second-order valence-electron chi connectivity index (χ2n) is 2.79. The molecule has 0 aliphatic heterocycles. The average Bonchev–Trinajstić information content (AvgIpc) is 2.04. The number of ketones is 1. The molecule has 14 heavy (non-hydrogen) atoms. The normalized spacial score (nSPS) is 14.0. The number of carbonyl (C=O) groups excluding carboxylic acids is 1. The van der Waals surface area contributed by atoms with Gasteiger partial charge in [0.1, 0.15) is 5.78 Å². The van der Waals surface area contributed by atoms with Crippen molar-refractivity contribution < 1.29 is 18.4 Å². The molecule has 6 heteroatoms. The smallest absolute Gasteiger partial charge is 0.298 e. The van der Waals surface area contributed by atoms with E-state index in [1.807, 2.05) is 0 Å². The van der Waals surface area contributed by atoms with Crippen LogP contribution in [-0.2, 0) is 18.4 Å². The third-order valence-corrected chi connectivity index (χ3v) is 3.46. The van der Waals surface area contributed by atoms with Crippen LogP contribution in [0.3, 0.4) is 0 Å². The van der Waals surface area contributed by atoms with Crippen molar-refractivity contribution in [3.05, 3.63) is 0 Å². The average molecular weight is 223 g/mol. The van der Waals surface area contributed by atoms with E-state index in [1.54, 1.807) is 20.8 Å². The number of carbonyl (C=O) groups is 1. The molecule has 0 aromatic heterocycles. The van der Waals surface area contributed by atoms with Gasteiger partial charge in [0.25, 0.3) is 0 Å². The summed E-state index contributed by atoms with van der Waals surface area (Å²) >= 11 is 0. The third-order valence-electron chi connectivity index (χ3n) is 1.56. The zero-order chi connectivity index (χ0) is 11.2. The Hall–Kier alpha value is -0.220. The first kappa shape index (κ1) is 13.8. The van der Waals surface area contributed by atoms with E-state index < -0.39 is 13.8 Å². The molecule has 0 fully saturated rings. The molecule has 0 bridgehead atoms. The minimum Gasteiger partial charge on any atom is -0.298 e. The van der Waals surface area contributed by atoms with E-state index in [1.165, 1.54) is 6.92 Å². The van der Waals surface area contributed by atoms with Crippen molar-refractivity contribution >= 4 is 13.5 Å². The predicted octanol–water partition coefficient (Wildman–Crippen LogP) is 1.73. The highest BCUT2D eigenvalue weighted by Gasteiger charge is 2.27. The number of hydrogen-bond acceptors (Lipinski definition) is 4. The van der Waals surface area contributed by atoms with E-state index in [0.717, 1.165) is 0 Å². The van der Waals surface area contributed by atoms with Crippen LogP contribution in [0.4, 0.5) is 0 Å². The zero-order valence-corrected chi connectivity index (χ0v) is 9.97. The topological polar surface area (TPSA) is 64.6 Å². The molecule has 0 spiro atoms. The van der Waals surface area contributed by atoms with Crippen LogP contribution in [0.25, 0.3) is 0 Å². The summed E-state index contributed by atoms with van der Waals surface area (Å²) in [4.78, 5) is 10.9. The molecule has 5 nitrogen and oxygen atoms in total. The fourth-order valence-electron chi connectivity index (χ4n) is 0.780. The molecule has 0 rings (SSSR count). The lowest BCUT2D eigenvalue weighted by Gasteiger charge is -2.20. The summed E-state index contributed by atoms with van der Waals surface area (Å²) in [6, 6.07) is -0.529. The molecule has 0 saturated heterocycles. The van der Waals surface area contributed by atoms with Gasteiger partial charge in [-0.3, -0.25) is 13.8 Å². The van der Waals surface area contributed by atoms with Gasteiger partial charge in [-0.25, -0.2) is 9.65 Å². The minimum atomic E-state index is -3.30. The van der Waals surface area contributed by atoms with E-state index in [2.05, 4.69) is 5.09 Å². The van der Waals surface area contributed by atoms with Crippen molar-refractivity contribution in [3.8, 4) is 0 Å². The lowest BCUT2D eigenvalue weighted by molar-refractivity contribution is -0.118. The number of rotatable bonds is 7. The van der Waals surface area contributed by atoms with Gasteiger partial charge in [0.15, 0.2) is 0 Å². The van der Waals surface area contributed by atoms with Crippen LogP contribution in [-0.4, -0.2) is 25.0 Å². The van der Waals surface area contributed by atoms with Gasteiger partial charge in [0.05, 0.1) is 19.3 Å². The molecular weight excluding hydrogens is 205 g/mol. The van der Waals surface area contributed by atoms with Crippen molar-refractivity contribution in [2.45, 2.75) is 33.7 Å². The zero-order valence-electron chi connectivity index (χ0n) is 9.07. The first-order valence-electron chi connectivity index (χ1n) is 4.62. The summed E-state index contributed by atoms with van der Waals surface area (Å²) < 4.78 is 21.7.